The van der Waals surface area contributed by atoms with Crippen LogP contribution in [0.4, 0.5) is 5.69 Å². The van der Waals surface area contributed by atoms with E-state index in [4.69, 9.17) is 0 Å². The summed E-state index contributed by atoms with van der Waals surface area (Å²) in [6.07, 6.45) is 2.28. The summed E-state index contributed by atoms with van der Waals surface area (Å²) in [7, 11) is 0. The van der Waals surface area contributed by atoms with E-state index in [1.165, 1.54) is 27.8 Å². The van der Waals surface area contributed by atoms with Gasteiger partial charge in [-0.3, -0.25) is 0 Å². The minimum atomic E-state index is 0.803. The summed E-state index contributed by atoms with van der Waals surface area (Å²) in [6, 6.07) is 40.1. The van der Waals surface area contributed by atoms with Crippen molar-refractivity contribution in [2.45, 2.75) is 6.54 Å². The molecule has 0 unspecified atom stereocenters. The zero-order valence-electron chi connectivity index (χ0n) is 15.8. The van der Waals surface area contributed by atoms with Gasteiger partial charge in [0.1, 0.15) is 0 Å². The molecule has 0 bridgehead atoms. The number of nitrogens with one attached hydrogen (secondary N) is 1. The van der Waals surface area contributed by atoms with Gasteiger partial charge in [-0.15, -0.1) is 0 Å². The van der Waals surface area contributed by atoms with Gasteiger partial charge in [0.15, 0.2) is 0 Å². The summed E-state index contributed by atoms with van der Waals surface area (Å²) in [5.41, 5.74) is 7.23. The summed E-state index contributed by atoms with van der Waals surface area (Å²) in [6.45, 7) is 0.803. The molecule has 0 atom stereocenters. The fraction of sp³-hybridized carbons (Fsp3) is 0.0370. The van der Waals surface area contributed by atoms with Gasteiger partial charge in [-0.1, -0.05) is 109 Å². The van der Waals surface area contributed by atoms with Gasteiger partial charge in [0.2, 0.25) is 0 Å². The van der Waals surface area contributed by atoms with Crippen LogP contribution in [0.1, 0.15) is 22.3 Å². The zero-order chi connectivity index (χ0) is 19.0. The molecule has 0 aliphatic heterocycles. The maximum atomic E-state index is 3.59. The molecule has 0 spiro atoms. The molecular formula is C27H23N. The Morgan fingerprint density at radius 3 is 1.68 bits per heavy atom. The molecule has 0 saturated heterocycles. The summed E-state index contributed by atoms with van der Waals surface area (Å²) in [4.78, 5) is 0. The molecule has 1 N–H and O–H groups in total. The van der Waals surface area contributed by atoms with Crippen LogP contribution in [0.25, 0.3) is 11.6 Å². The maximum absolute atomic E-state index is 3.59. The summed E-state index contributed by atoms with van der Waals surface area (Å²) < 4.78 is 0. The SMILES string of the molecule is C(=C(c1ccccc1)c1ccccc1)c1ccccc1NCc1ccccc1. The smallest absolute Gasteiger partial charge is 0.0416 e. The van der Waals surface area contributed by atoms with E-state index >= 15 is 0 Å². The lowest BCUT2D eigenvalue weighted by Gasteiger charge is -2.13. The predicted octanol–water partition coefficient (Wildman–Crippen LogP) is 6.89. The second kappa shape index (κ2) is 8.88. The molecule has 0 amide bonds. The van der Waals surface area contributed by atoms with Gasteiger partial charge in [-0.25, -0.2) is 0 Å². The quantitative estimate of drug-likeness (QED) is 0.369. The molecule has 4 aromatic carbocycles. The van der Waals surface area contributed by atoms with Crippen molar-refractivity contribution in [1.82, 2.24) is 0 Å². The van der Waals surface area contributed by atoms with Crippen LogP contribution in [-0.2, 0) is 6.54 Å². The third kappa shape index (κ3) is 4.39. The Morgan fingerprint density at radius 1 is 0.571 bits per heavy atom. The van der Waals surface area contributed by atoms with Crippen LogP contribution in [0, 0.1) is 0 Å². The van der Waals surface area contributed by atoms with Gasteiger partial charge < -0.3 is 5.32 Å². The number of anilines is 1. The van der Waals surface area contributed by atoms with Crippen molar-refractivity contribution in [2.75, 3.05) is 5.32 Å². The Balaban J connectivity index is 1.71. The molecule has 1 heteroatoms. The van der Waals surface area contributed by atoms with E-state index in [2.05, 4.69) is 121 Å². The van der Waals surface area contributed by atoms with Crippen LogP contribution in [0.15, 0.2) is 115 Å². The molecule has 0 aromatic heterocycles. The van der Waals surface area contributed by atoms with E-state index in [-0.39, 0.29) is 0 Å². The lowest BCUT2D eigenvalue weighted by Crippen LogP contribution is -2.01. The fourth-order valence-electron chi connectivity index (χ4n) is 3.30. The molecule has 4 aromatic rings. The number of para-hydroxylation sites is 1. The molecule has 0 aliphatic carbocycles. The zero-order valence-corrected chi connectivity index (χ0v) is 15.8. The minimum absolute atomic E-state index is 0.803. The largest absolute Gasteiger partial charge is 0.380 e. The van der Waals surface area contributed by atoms with Crippen LogP contribution in [0.5, 0.6) is 0 Å². The molecule has 28 heavy (non-hydrogen) atoms. The van der Waals surface area contributed by atoms with Crippen LogP contribution in [0.2, 0.25) is 0 Å². The Labute approximate surface area is 167 Å². The van der Waals surface area contributed by atoms with E-state index in [0.717, 1.165) is 12.2 Å². The Bertz CT molecular complexity index is 994. The van der Waals surface area contributed by atoms with E-state index in [9.17, 15) is 0 Å². The first-order chi connectivity index (χ1) is 13.9. The van der Waals surface area contributed by atoms with Gasteiger partial charge in [0.05, 0.1) is 0 Å². The van der Waals surface area contributed by atoms with Gasteiger partial charge in [-0.2, -0.15) is 0 Å². The number of hydrogen-bond acceptors (Lipinski definition) is 1. The van der Waals surface area contributed by atoms with E-state index < -0.39 is 0 Å². The van der Waals surface area contributed by atoms with Crippen molar-refractivity contribution >= 4 is 17.3 Å². The minimum Gasteiger partial charge on any atom is -0.380 e. The van der Waals surface area contributed by atoms with Gasteiger partial charge in [0, 0.05) is 12.2 Å². The van der Waals surface area contributed by atoms with Crippen LogP contribution < -0.4 is 5.32 Å². The monoisotopic (exact) mass is 361 g/mol. The van der Waals surface area contributed by atoms with E-state index in [0.29, 0.717) is 0 Å². The Morgan fingerprint density at radius 2 is 1.07 bits per heavy atom. The second-order valence-corrected chi connectivity index (χ2v) is 6.72. The number of benzene rings is 4. The molecule has 136 valence electrons. The highest BCUT2D eigenvalue weighted by Crippen LogP contribution is 2.28. The first-order valence-corrected chi connectivity index (χ1v) is 9.59. The Kier molecular flexibility index (Phi) is 5.65. The molecule has 0 aliphatic rings. The van der Waals surface area contributed by atoms with Crippen molar-refractivity contribution in [1.29, 1.82) is 0 Å². The van der Waals surface area contributed by atoms with Crippen molar-refractivity contribution in [3.05, 3.63) is 138 Å². The number of hydrogen-bond donors (Lipinski definition) is 1. The molecular weight excluding hydrogens is 338 g/mol. The first kappa shape index (κ1) is 17.8. The summed E-state index contributed by atoms with van der Waals surface area (Å²) in [5, 5.41) is 3.59. The lowest BCUT2D eigenvalue weighted by molar-refractivity contribution is 1.15. The highest BCUT2D eigenvalue weighted by molar-refractivity contribution is 5.93. The Hall–Kier alpha value is -3.58. The van der Waals surface area contributed by atoms with Crippen molar-refractivity contribution in [3.8, 4) is 0 Å². The van der Waals surface area contributed by atoms with Gasteiger partial charge >= 0.3 is 0 Å². The van der Waals surface area contributed by atoms with Crippen molar-refractivity contribution in [2.24, 2.45) is 0 Å². The van der Waals surface area contributed by atoms with Crippen LogP contribution in [-0.4, -0.2) is 0 Å². The molecule has 1 nitrogen and oxygen atoms in total. The van der Waals surface area contributed by atoms with Crippen LogP contribution >= 0.6 is 0 Å². The molecule has 0 heterocycles. The molecule has 0 radical (unpaired) electrons. The summed E-state index contributed by atoms with van der Waals surface area (Å²) >= 11 is 0. The van der Waals surface area contributed by atoms with Crippen molar-refractivity contribution < 1.29 is 0 Å². The van der Waals surface area contributed by atoms with Gasteiger partial charge in [-0.05, 0) is 40.0 Å². The average Bonchev–Trinajstić information content (AvgIpc) is 2.78. The third-order valence-electron chi connectivity index (χ3n) is 4.76. The highest BCUT2D eigenvalue weighted by atomic mass is 14.9. The maximum Gasteiger partial charge on any atom is 0.0416 e. The second-order valence-electron chi connectivity index (χ2n) is 6.72. The van der Waals surface area contributed by atoms with E-state index in [1.807, 2.05) is 6.07 Å². The summed E-state index contributed by atoms with van der Waals surface area (Å²) in [5.74, 6) is 0. The fourth-order valence-corrected chi connectivity index (χ4v) is 3.30. The molecule has 0 saturated carbocycles. The third-order valence-corrected chi connectivity index (χ3v) is 4.76. The lowest BCUT2D eigenvalue weighted by atomic mass is 9.95. The van der Waals surface area contributed by atoms with E-state index in [1.54, 1.807) is 0 Å². The highest BCUT2D eigenvalue weighted by Gasteiger charge is 2.07. The predicted molar refractivity (Wildman–Crippen MR) is 120 cm³/mol. The topological polar surface area (TPSA) is 12.0 Å². The van der Waals surface area contributed by atoms with Gasteiger partial charge in [0.25, 0.3) is 0 Å². The average molecular weight is 361 g/mol. The molecule has 4 rings (SSSR count). The normalized spacial score (nSPS) is 10.3. The standard InChI is InChI=1S/C27H23N/c1-4-12-22(13-5-1)21-28-27-19-11-10-18-25(27)20-26(23-14-6-2-7-15-23)24-16-8-3-9-17-24/h1-20,28H,21H2. The number of rotatable bonds is 6. The van der Waals surface area contributed by atoms with Crippen LogP contribution in [0.3, 0.4) is 0 Å². The molecule has 0 fully saturated rings. The van der Waals surface area contributed by atoms with Crippen molar-refractivity contribution in [3.63, 3.8) is 0 Å². The first-order valence-electron chi connectivity index (χ1n) is 9.59.